The smallest absolute Gasteiger partial charge is 0.263 e. The van der Waals surface area contributed by atoms with Crippen molar-refractivity contribution in [3.63, 3.8) is 0 Å². The number of amides is 1. The molecule has 2 N–H and O–H groups in total. The van der Waals surface area contributed by atoms with Crippen LogP contribution in [0.25, 0.3) is 0 Å². The van der Waals surface area contributed by atoms with E-state index in [9.17, 15) is 4.79 Å². The van der Waals surface area contributed by atoms with Crippen LogP contribution in [0.15, 0.2) is 24.3 Å². The molecule has 1 atom stereocenters. The molecule has 118 valence electrons. The van der Waals surface area contributed by atoms with Crippen LogP contribution in [-0.2, 0) is 14.6 Å². The number of carbonyl (C=O) groups is 1. The van der Waals surface area contributed by atoms with Crippen molar-refractivity contribution in [1.82, 2.24) is 5.32 Å². The first-order valence-electron chi connectivity index (χ1n) is 6.74. The lowest BCUT2D eigenvalue weighted by Gasteiger charge is -2.25. The van der Waals surface area contributed by atoms with Crippen LogP contribution in [0, 0.1) is 11.8 Å². The van der Waals surface area contributed by atoms with Crippen LogP contribution >= 0.6 is 11.8 Å². The molecule has 0 aromatic heterocycles. The molecule has 1 aliphatic rings. The van der Waals surface area contributed by atoms with Crippen LogP contribution in [0.1, 0.15) is 20.8 Å². The molecule has 0 saturated carbocycles. The van der Waals surface area contributed by atoms with Gasteiger partial charge in [0, 0.05) is 0 Å². The van der Waals surface area contributed by atoms with E-state index in [-0.39, 0.29) is 5.91 Å². The molecule has 0 radical (unpaired) electrons. The van der Waals surface area contributed by atoms with Gasteiger partial charge in [0.05, 0.1) is 11.2 Å². The van der Waals surface area contributed by atoms with Crippen molar-refractivity contribution >= 4 is 29.0 Å². The fourth-order valence-corrected chi connectivity index (χ4v) is 2.37. The van der Waals surface area contributed by atoms with E-state index in [2.05, 4.69) is 22.6 Å². The molecule has 1 heterocycles. The Kier molecular flexibility index (Phi) is 5.19. The zero-order chi connectivity index (χ0) is 16.2. The monoisotopic (exact) mass is 321 g/mol. The molecule has 1 aromatic rings. The fraction of sp³-hybridized carbons (Fsp3) is 0.400. The van der Waals surface area contributed by atoms with E-state index in [1.165, 1.54) is 17.0 Å². The maximum Gasteiger partial charge on any atom is 0.263 e. The molecule has 6 nitrogen and oxygen atoms in total. The summed E-state index contributed by atoms with van der Waals surface area (Å²) >= 11 is 1.27. The number of benzene rings is 1. The van der Waals surface area contributed by atoms with E-state index < -0.39 is 11.0 Å². The van der Waals surface area contributed by atoms with Crippen molar-refractivity contribution < 1.29 is 14.6 Å². The maximum absolute atomic E-state index is 12.3. The van der Waals surface area contributed by atoms with Gasteiger partial charge in [-0.15, -0.1) is 22.6 Å². The minimum absolute atomic E-state index is 0.270. The minimum Gasteiger partial charge on any atom is -0.337 e. The third-order valence-corrected chi connectivity index (χ3v) is 3.56. The average molecular weight is 321 g/mol. The van der Waals surface area contributed by atoms with Crippen molar-refractivity contribution in [2.75, 3.05) is 17.0 Å². The van der Waals surface area contributed by atoms with Crippen LogP contribution in [0.3, 0.4) is 0 Å². The van der Waals surface area contributed by atoms with Crippen molar-refractivity contribution in [3.05, 3.63) is 24.3 Å². The highest BCUT2D eigenvalue weighted by Crippen LogP contribution is 2.32. The summed E-state index contributed by atoms with van der Waals surface area (Å²) in [5.41, 5.74) is 2.83. The van der Waals surface area contributed by atoms with Gasteiger partial charge in [-0.05, 0) is 39.2 Å². The van der Waals surface area contributed by atoms with Gasteiger partial charge in [-0.1, -0.05) is 23.3 Å². The lowest BCUT2D eigenvalue weighted by Crippen LogP contribution is -2.48. The van der Waals surface area contributed by atoms with Crippen molar-refractivity contribution in [3.8, 4) is 11.8 Å². The topological polar surface area (TPSA) is 62.8 Å². The second-order valence-electron chi connectivity index (χ2n) is 5.13. The summed E-state index contributed by atoms with van der Waals surface area (Å²) in [6.45, 7) is 5.40. The van der Waals surface area contributed by atoms with E-state index >= 15 is 0 Å². The number of rotatable bonds is 5. The summed E-state index contributed by atoms with van der Waals surface area (Å²) in [4.78, 5) is 23.2. The average Bonchev–Trinajstić information content (AvgIpc) is 2.87. The third-order valence-electron chi connectivity index (χ3n) is 2.83. The van der Waals surface area contributed by atoms with E-state index in [1.54, 1.807) is 13.2 Å². The Bertz CT molecular complexity index is 610. The first-order valence-corrected chi connectivity index (χ1v) is 8.03. The van der Waals surface area contributed by atoms with E-state index in [1.807, 2.05) is 38.1 Å². The quantitative estimate of drug-likeness (QED) is 0.641. The molecule has 1 amide bonds. The predicted molar refractivity (Wildman–Crippen MR) is 87.7 cm³/mol. The molecule has 22 heavy (non-hydrogen) atoms. The highest BCUT2D eigenvalue weighted by molar-refractivity contribution is 7.99. The fourth-order valence-electron chi connectivity index (χ4n) is 1.93. The molecule has 0 spiro atoms. The normalized spacial score (nSPS) is 14.5. The van der Waals surface area contributed by atoms with Gasteiger partial charge >= 0.3 is 0 Å². The number of nitrogens with zero attached hydrogens (tertiary/aromatic N) is 1. The van der Waals surface area contributed by atoms with Crippen molar-refractivity contribution in [2.24, 2.45) is 0 Å². The molecular formula is C15H19N3O3S. The number of anilines is 2. The predicted octanol–water partition coefficient (Wildman–Crippen LogP) is 2.30. The Morgan fingerprint density at radius 2 is 2.23 bits per heavy atom. The van der Waals surface area contributed by atoms with Gasteiger partial charge in [0.2, 0.25) is 5.44 Å². The number of carbonyl (C=O) groups excluding carboxylic acids is 1. The zero-order valence-corrected chi connectivity index (χ0v) is 13.8. The van der Waals surface area contributed by atoms with E-state index in [4.69, 9.17) is 9.78 Å². The minimum atomic E-state index is -0.758. The van der Waals surface area contributed by atoms with Crippen molar-refractivity contribution in [1.29, 1.82) is 0 Å². The van der Waals surface area contributed by atoms with Gasteiger partial charge in [0.25, 0.3) is 5.91 Å². The summed E-state index contributed by atoms with van der Waals surface area (Å²) in [5.74, 6) is 5.47. The number of hydrogen-bond acceptors (Lipinski definition) is 6. The Labute approximate surface area is 134 Å². The molecule has 0 fully saturated rings. The standard InChI is InChI=1S/C15H19N3O3S/c1-5-10-15(2,3)16-13(19)14(22-4)20-18-12-9-7-6-8-11(12)17-21-18/h6-9,14,17H,1-4H3,(H,16,19). The molecule has 2 rings (SSSR count). The Morgan fingerprint density at radius 3 is 2.91 bits per heavy atom. The lowest BCUT2D eigenvalue weighted by atomic mass is 10.1. The van der Waals surface area contributed by atoms with Gasteiger partial charge in [-0.25, -0.2) is 10.3 Å². The van der Waals surface area contributed by atoms with Gasteiger partial charge < -0.3 is 5.32 Å². The maximum atomic E-state index is 12.3. The van der Waals surface area contributed by atoms with E-state index in [0.29, 0.717) is 5.69 Å². The van der Waals surface area contributed by atoms with Crippen LogP contribution < -0.4 is 16.0 Å². The summed E-state index contributed by atoms with van der Waals surface area (Å²) < 4.78 is 0. The molecule has 1 aromatic carbocycles. The van der Waals surface area contributed by atoms with Gasteiger partial charge in [-0.2, -0.15) is 0 Å². The summed E-state index contributed by atoms with van der Waals surface area (Å²) in [7, 11) is 0. The lowest BCUT2D eigenvalue weighted by molar-refractivity contribution is -0.138. The van der Waals surface area contributed by atoms with Crippen LogP contribution in [-0.4, -0.2) is 23.1 Å². The molecule has 0 bridgehead atoms. The van der Waals surface area contributed by atoms with Crippen molar-refractivity contribution in [2.45, 2.75) is 31.7 Å². The first-order chi connectivity index (χ1) is 10.5. The molecule has 1 unspecified atom stereocenters. The van der Waals surface area contributed by atoms with Crippen LogP contribution in [0.5, 0.6) is 0 Å². The van der Waals surface area contributed by atoms with Gasteiger partial charge in [0.1, 0.15) is 5.69 Å². The second kappa shape index (κ2) is 6.92. The van der Waals surface area contributed by atoms with E-state index in [0.717, 1.165) is 5.69 Å². The molecule has 1 aliphatic heterocycles. The Hall–Kier alpha value is -1.88. The number of nitrogens with one attached hydrogen (secondary N) is 2. The SMILES string of the molecule is CC#CC(C)(C)NC(=O)C(ON1ONc2ccccc21)SC. The highest BCUT2D eigenvalue weighted by atomic mass is 32.2. The molecular weight excluding hydrogens is 302 g/mol. The highest BCUT2D eigenvalue weighted by Gasteiger charge is 2.30. The molecule has 0 aliphatic carbocycles. The molecule has 0 saturated heterocycles. The second-order valence-corrected chi connectivity index (χ2v) is 6.03. The summed E-state index contributed by atoms with van der Waals surface area (Å²) in [6.07, 6.45) is 1.79. The van der Waals surface area contributed by atoms with Gasteiger partial charge in [0.15, 0.2) is 0 Å². The largest absolute Gasteiger partial charge is 0.337 e. The first kappa shape index (κ1) is 16.5. The Morgan fingerprint density at radius 1 is 1.50 bits per heavy atom. The number of para-hydroxylation sites is 2. The van der Waals surface area contributed by atoms with Crippen LogP contribution in [0.2, 0.25) is 0 Å². The summed E-state index contributed by atoms with van der Waals surface area (Å²) in [6, 6.07) is 7.42. The van der Waals surface area contributed by atoms with Crippen LogP contribution in [0.4, 0.5) is 11.4 Å². The summed E-state index contributed by atoms with van der Waals surface area (Å²) in [5, 5.41) is 4.05. The molecule has 7 heteroatoms. The number of fused-ring (bicyclic) bond motifs is 1. The number of hydrogen-bond donors (Lipinski definition) is 2. The zero-order valence-electron chi connectivity index (χ0n) is 13.0. The Balaban J connectivity index is 2.04. The van der Waals surface area contributed by atoms with Gasteiger partial charge in [-0.3, -0.25) is 4.79 Å². The third kappa shape index (κ3) is 3.85. The number of thioether (sulfide) groups is 1.